The first-order chi connectivity index (χ1) is 7.70. The van der Waals surface area contributed by atoms with Gasteiger partial charge < -0.3 is 9.15 Å². The number of carbonyl (C=O) groups excluding carboxylic acids is 1. The van der Waals surface area contributed by atoms with Crippen LogP contribution in [0.2, 0.25) is 5.02 Å². The van der Waals surface area contributed by atoms with Gasteiger partial charge in [0.2, 0.25) is 0 Å². The largest absolute Gasteiger partial charge is 0.462 e. The molecule has 0 bridgehead atoms. The molecule has 2 aromatic rings. The van der Waals surface area contributed by atoms with Crippen molar-refractivity contribution in [3.8, 4) is 11.3 Å². The van der Waals surface area contributed by atoms with Crippen LogP contribution in [0.25, 0.3) is 11.3 Å². The Bertz CT molecular complexity index is 504. The number of esters is 1. The highest BCUT2D eigenvalue weighted by molar-refractivity contribution is 6.30. The molecule has 0 aliphatic rings. The molecular weight excluding hydrogens is 230 g/mol. The minimum absolute atomic E-state index is 0.0625. The maximum atomic E-state index is 11.1. The fourth-order valence-corrected chi connectivity index (χ4v) is 1.33. The average Bonchev–Trinajstić information content (AvgIpc) is 2.78. The molecule has 0 amide bonds. The number of benzene rings is 1. The molecule has 0 spiro atoms. The molecule has 16 heavy (non-hydrogen) atoms. The summed E-state index contributed by atoms with van der Waals surface area (Å²) in [6.07, 6.45) is 1.47. The summed E-state index contributed by atoms with van der Waals surface area (Å²) in [7, 11) is 1.27. The molecule has 4 nitrogen and oxygen atoms in total. The van der Waals surface area contributed by atoms with Gasteiger partial charge in [0.1, 0.15) is 0 Å². The summed E-state index contributed by atoms with van der Waals surface area (Å²) in [4.78, 5) is 14.9. The van der Waals surface area contributed by atoms with E-state index >= 15 is 0 Å². The summed E-state index contributed by atoms with van der Waals surface area (Å²) in [5.41, 5.74) is 0.798. The van der Waals surface area contributed by atoms with E-state index in [1.807, 2.05) is 0 Å². The maximum absolute atomic E-state index is 11.1. The minimum Gasteiger partial charge on any atom is -0.462 e. The van der Waals surface area contributed by atoms with Crippen molar-refractivity contribution in [2.24, 2.45) is 0 Å². The van der Waals surface area contributed by atoms with Crippen molar-refractivity contribution in [2.75, 3.05) is 7.11 Å². The Kier molecular flexibility index (Phi) is 2.92. The quantitative estimate of drug-likeness (QED) is 0.754. The molecule has 0 unspecified atom stereocenters. The van der Waals surface area contributed by atoms with Crippen LogP contribution < -0.4 is 0 Å². The van der Waals surface area contributed by atoms with Crippen molar-refractivity contribution in [1.82, 2.24) is 4.98 Å². The van der Waals surface area contributed by atoms with Gasteiger partial charge >= 0.3 is 11.9 Å². The number of halogens is 1. The normalized spacial score (nSPS) is 10.1. The van der Waals surface area contributed by atoms with E-state index in [4.69, 9.17) is 16.0 Å². The molecular formula is C11H8ClNO3. The number of rotatable bonds is 2. The predicted octanol–water partition coefficient (Wildman–Crippen LogP) is 2.78. The smallest absolute Gasteiger partial charge is 0.394 e. The van der Waals surface area contributed by atoms with Gasteiger partial charge in [-0.1, -0.05) is 11.6 Å². The second kappa shape index (κ2) is 4.37. The van der Waals surface area contributed by atoms with Crippen LogP contribution >= 0.6 is 11.6 Å². The third-order valence-corrected chi connectivity index (χ3v) is 2.25. The molecule has 0 N–H and O–H groups in total. The van der Waals surface area contributed by atoms with E-state index in [9.17, 15) is 4.79 Å². The van der Waals surface area contributed by atoms with Crippen LogP contribution in [0.5, 0.6) is 0 Å². The van der Waals surface area contributed by atoms with E-state index in [1.54, 1.807) is 24.3 Å². The van der Waals surface area contributed by atoms with Crippen molar-refractivity contribution in [3.63, 3.8) is 0 Å². The minimum atomic E-state index is -0.597. The van der Waals surface area contributed by atoms with Gasteiger partial charge in [-0.15, -0.1) is 0 Å². The SMILES string of the molecule is COC(=O)c1ncc(-c2ccc(Cl)cc2)o1. The molecule has 0 aliphatic heterocycles. The number of hydrogen-bond acceptors (Lipinski definition) is 4. The Morgan fingerprint density at radius 3 is 2.69 bits per heavy atom. The van der Waals surface area contributed by atoms with Crippen LogP contribution in [0.15, 0.2) is 34.9 Å². The molecule has 1 aromatic heterocycles. The van der Waals surface area contributed by atoms with Crippen LogP contribution in [-0.2, 0) is 4.74 Å². The highest BCUT2D eigenvalue weighted by Gasteiger charge is 2.13. The van der Waals surface area contributed by atoms with E-state index in [0.29, 0.717) is 10.8 Å². The fraction of sp³-hybridized carbons (Fsp3) is 0.0909. The van der Waals surface area contributed by atoms with E-state index in [1.165, 1.54) is 13.3 Å². The topological polar surface area (TPSA) is 52.3 Å². The summed E-state index contributed by atoms with van der Waals surface area (Å²) in [5.74, 6) is -0.162. The first-order valence-corrected chi connectivity index (χ1v) is 4.88. The Labute approximate surface area is 96.8 Å². The molecule has 0 fully saturated rings. The van der Waals surface area contributed by atoms with Gasteiger partial charge in [0.05, 0.1) is 13.3 Å². The molecule has 1 heterocycles. The summed E-state index contributed by atoms with van der Waals surface area (Å²) < 4.78 is 9.72. The Morgan fingerprint density at radius 2 is 2.06 bits per heavy atom. The third kappa shape index (κ3) is 2.06. The van der Waals surface area contributed by atoms with Crippen LogP contribution in [0.4, 0.5) is 0 Å². The number of carbonyl (C=O) groups is 1. The zero-order chi connectivity index (χ0) is 11.5. The molecule has 0 radical (unpaired) electrons. The lowest BCUT2D eigenvalue weighted by atomic mass is 10.2. The second-order valence-corrected chi connectivity index (χ2v) is 3.46. The highest BCUT2D eigenvalue weighted by atomic mass is 35.5. The van der Waals surface area contributed by atoms with E-state index in [-0.39, 0.29) is 5.89 Å². The molecule has 5 heteroatoms. The van der Waals surface area contributed by atoms with Crippen LogP contribution in [-0.4, -0.2) is 18.1 Å². The lowest BCUT2D eigenvalue weighted by Crippen LogP contribution is -2.00. The lowest BCUT2D eigenvalue weighted by Gasteiger charge is -1.95. The molecule has 82 valence electrons. The van der Waals surface area contributed by atoms with Crippen molar-refractivity contribution < 1.29 is 13.9 Å². The first-order valence-electron chi connectivity index (χ1n) is 4.51. The standard InChI is InChI=1S/C11H8ClNO3/c1-15-11(14)10-13-6-9(16-10)7-2-4-8(12)5-3-7/h2-6H,1H3. The van der Waals surface area contributed by atoms with Crippen molar-refractivity contribution >= 4 is 17.6 Å². The van der Waals surface area contributed by atoms with Crippen molar-refractivity contribution in [1.29, 1.82) is 0 Å². The third-order valence-electron chi connectivity index (χ3n) is 1.99. The lowest BCUT2D eigenvalue weighted by molar-refractivity contribution is 0.0557. The van der Waals surface area contributed by atoms with Gasteiger partial charge in [0.15, 0.2) is 5.76 Å². The summed E-state index contributed by atoms with van der Waals surface area (Å²) in [5, 5.41) is 0.636. The van der Waals surface area contributed by atoms with Crippen LogP contribution in [0.3, 0.4) is 0 Å². The summed E-state index contributed by atoms with van der Waals surface area (Å²) in [6.45, 7) is 0. The molecule has 1 aromatic carbocycles. The first kappa shape index (κ1) is 10.7. The number of hydrogen-bond donors (Lipinski definition) is 0. The van der Waals surface area contributed by atoms with Gasteiger partial charge in [0.25, 0.3) is 0 Å². The van der Waals surface area contributed by atoms with Crippen molar-refractivity contribution in [2.45, 2.75) is 0 Å². The van der Waals surface area contributed by atoms with E-state index in [2.05, 4.69) is 9.72 Å². The van der Waals surface area contributed by atoms with Gasteiger partial charge in [-0.2, -0.15) is 0 Å². The number of aromatic nitrogens is 1. The van der Waals surface area contributed by atoms with Crippen molar-refractivity contribution in [3.05, 3.63) is 41.4 Å². The maximum Gasteiger partial charge on any atom is 0.394 e. The second-order valence-electron chi connectivity index (χ2n) is 3.03. The Morgan fingerprint density at radius 1 is 1.38 bits per heavy atom. The number of ether oxygens (including phenoxy) is 1. The zero-order valence-corrected chi connectivity index (χ0v) is 9.19. The zero-order valence-electron chi connectivity index (χ0n) is 8.44. The number of nitrogens with zero attached hydrogens (tertiary/aromatic N) is 1. The molecule has 0 aliphatic carbocycles. The summed E-state index contributed by atoms with van der Waals surface area (Å²) in [6, 6.07) is 7.03. The van der Waals surface area contributed by atoms with Gasteiger partial charge in [-0.25, -0.2) is 9.78 Å². The molecule has 2 rings (SSSR count). The van der Waals surface area contributed by atoms with Gasteiger partial charge in [-0.05, 0) is 24.3 Å². The van der Waals surface area contributed by atoms with Gasteiger partial charge in [-0.3, -0.25) is 0 Å². The van der Waals surface area contributed by atoms with Crippen LogP contribution in [0.1, 0.15) is 10.7 Å². The van der Waals surface area contributed by atoms with Crippen LogP contribution in [0, 0.1) is 0 Å². The summed E-state index contributed by atoms with van der Waals surface area (Å²) >= 11 is 5.76. The molecule has 0 atom stereocenters. The van der Waals surface area contributed by atoms with E-state index in [0.717, 1.165) is 5.56 Å². The van der Waals surface area contributed by atoms with E-state index < -0.39 is 5.97 Å². The predicted molar refractivity (Wildman–Crippen MR) is 58.3 cm³/mol. The fourth-order valence-electron chi connectivity index (χ4n) is 1.20. The monoisotopic (exact) mass is 237 g/mol. The average molecular weight is 238 g/mol. The highest BCUT2D eigenvalue weighted by Crippen LogP contribution is 2.22. The molecule has 0 saturated heterocycles. The molecule has 0 saturated carbocycles. The Hall–Kier alpha value is -1.81. The van der Waals surface area contributed by atoms with Gasteiger partial charge in [0, 0.05) is 10.6 Å². The Balaban J connectivity index is 2.31. The number of oxazole rings is 1. The number of methoxy groups -OCH3 is 1.